The lowest BCUT2D eigenvalue weighted by Gasteiger charge is -2.37. The molecule has 5 nitrogen and oxygen atoms in total. The molecule has 0 spiro atoms. The van der Waals surface area contributed by atoms with Gasteiger partial charge in [-0.05, 0) is 50.2 Å². The molecule has 0 bridgehead atoms. The summed E-state index contributed by atoms with van der Waals surface area (Å²) in [5, 5.41) is 2.94. The van der Waals surface area contributed by atoms with Crippen LogP contribution in [0.2, 0.25) is 0 Å². The van der Waals surface area contributed by atoms with Crippen molar-refractivity contribution >= 4 is 11.6 Å². The second-order valence-corrected chi connectivity index (χ2v) is 7.47. The summed E-state index contributed by atoms with van der Waals surface area (Å²) < 4.78 is 19.6. The van der Waals surface area contributed by atoms with Crippen LogP contribution in [-0.2, 0) is 4.79 Å². The molecule has 1 atom stereocenters. The maximum atomic E-state index is 14.0. The Hall–Kier alpha value is -2.60. The second-order valence-electron chi connectivity index (χ2n) is 7.47. The predicted molar refractivity (Wildman–Crippen MR) is 114 cm³/mol. The van der Waals surface area contributed by atoms with Crippen LogP contribution in [0.4, 0.5) is 10.1 Å². The van der Waals surface area contributed by atoms with Gasteiger partial charge in [-0.3, -0.25) is 4.79 Å². The lowest BCUT2D eigenvalue weighted by Crippen LogP contribution is -2.46. The highest BCUT2D eigenvalue weighted by atomic mass is 19.1. The first-order chi connectivity index (χ1) is 14.0. The third-order valence-corrected chi connectivity index (χ3v) is 5.45. The van der Waals surface area contributed by atoms with Crippen molar-refractivity contribution in [2.24, 2.45) is 0 Å². The molecule has 1 amide bonds. The SMILES string of the molecule is CCN1CCN(c2ccc(F)cc2[C@@H](C)NC(=O)COc2ccccc2C)CC1. The molecule has 1 saturated heterocycles. The van der Waals surface area contributed by atoms with Crippen LogP contribution in [0.1, 0.15) is 31.0 Å². The van der Waals surface area contributed by atoms with Crippen LogP contribution in [-0.4, -0.2) is 50.1 Å². The summed E-state index contributed by atoms with van der Waals surface area (Å²) in [4.78, 5) is 17.1. The van der Waals surface area contributed by atoms with Crippen molar-refractivity contribution in [3.63, 3.8) is 0 Å². The van der Waals surface area contributed by atoms with Crippen LogP contribution in [0.15, 0.2) is 42.5 Å². The maximum absolute atomic E-state index is 14.0. The van der Waals surface area contributed by atoms with E-state index < -0.39 is 0 Å². The number of hydrogen-bond acceptors (Lipinski definition) is 4. The standard InChI is InChI=1S/C23H30FN3O2/c1-4-26-11-13-27(14-12-26)21-10-9-19(24)15-20(21)18(3)25-23(28)16-29-22-8-6-5-7-17(22)2/h5-10,15,18H,4,11-14,16H2,1-3H3,(H,25,28)/t18-/m1/s1. The van der Waals surface area contributed by atoms with E-state index in [1.165, 1.54) is 12.1 Å². The molecule has 2 aromatic carbocycles. The summed E-state index contributed by atoms with van der Waals surface area (Å²) in [7, 11) is 0. The molecule has 3 rings (SSSR count). The highest BCUT2D eigenvalue weighted by Crippen LogP contribution is 2.28. The first-order valence-electron chi connectivity index (χ1n) is 10.2. The highest BCUT2D eigenvalue weighted by Gasteiger charge is 2.22. The van der Waals surface area contributed by atoms with Gasteiger partial charge in [-0.15, -0.1) is 0 Å². The van der Waals surface area contributed by atoms with Gasteiger partial charge in [0.05, 0.1) is 6.04 Å². The molecule has 0 aromatic heterocycles. The third-order valence-electron chi connectivity index (χ3n) is 5.45. The molecule has 0 saturated carbocycles. The lowest BCUT2D eigenvalue weighted by atomic mass is 10.0. The van der Waals surface area contributed by atoms with Crippen molar-refractivity contribution in [2.45, 2.75) is 26.8 Å². The number of aryl methyl sites for hydroxylation is 1. The zero-order valence-corrected chi connectivity index (χ0v) is 17.5. The van der Waals surface area contributed by atoms with Crippen LogP contribution in [0, 0.1) is 12.7 Å². The minimum Gasteiger partial charge on any atom is -0.484 e. The molecule has 2 aromatic rings. The number of carbonyl (C=O) groups excluding carboxylic acids is 1. The number of likely N-dealkylation sites (N-methyl/N-ethyl adjacent to an activating group) is 1. The molecule has 1 aliphatic heterocycles. The monoisotopic (exact) mass is 399 g/mol. The van der Waals surface area contributed by atoms with Gasteiger partial charge in [0.2, 0.25) is 0 Å². The Balaban J connectivity index is 1.65. The molecule has 6 heteroatoms. The molecule has 29 heavy (non-hydrogen) atoms. The lowest BCUT2D eigenvalue weighted by molar-refractivity contribution is -0.123. The number of nitrogens with zero attached hydrogens (tertiary/aromatic N) is 2. The summed E-state index contributed by atoms with van der Waals surface area (Å²) in [6, 6.07) is 12.1. The number of ether oxygens (including phenoxy) is 1. The van der Waals surface area contributed by atoms with E-state index in [1.807, 2.05) is 44.2 Å². The normalized spacial score (nSPS) is 15.8. The van der Waals surface area contributed by atoms with Crippen molar-refractivity contribution in [3.8, 4) is 5.75 Å². The maximum Gasteiger partial charge on any atom is 0.258 e. The average molecular weight is 400 g/mol. The van der Waals surface area contributed by atoms with E-state index in [9.17, 15) is 9.18 Å². The summed E-state index contributed by atoms with van der Waals surface area (Å²) >= 11 is 0. The summed E-state index contributed by atoms with van der Waals surface area (Å²) in [5.74, 6) is 0.163. The first kappa shape index (κ1) is 21.1. The number of rotatable bonds is 7. The number of anilines is 1. The van der Waals surface area contributed by atoms with Crippen LogP contribution < -0.4 is 15.0 Å². The number of hydrogen-bond donors (Lipinski definition) is 1. The van der Waals surface area contributed by atoms with Gasteiger partial charge in [-0.25, -0.2) is 4.39 Å². The van der Waals surface area contributed by atoms with Crippen LogP contribution in [0.25, 0.3) is 0 Å². The van der Waals surface area contributed by atoms with Crippen molar-refractivity contribution in [1.29, 1.82) is 0 Å². The van der Waals surface area contributed by atoms with E-state index in [2.05, 4.69) is 22.0 Å². The topological polar surface area (TPSA) is 44.8 Å². The molecule has 1 heterocycles. The number of carbonyl (C=O) groups is 1. The molecule has 1 aliphatic rings. The molecule has 1 fully saturated rings. The summed E-state index contributed by atoms with van der Waals surface area (Å²) in [6.07, 6.45) is 0. The first-order valence-corrected chi connectivity index (χ1v) is 10.2. The van der Waals surface area contributed by atoms with E-state index in [-0.39, 0.29) is 24.4 Å². The smallest absolute Gasteiger partial charge is 0.258 e. The van der Waals surface area contributed by atoms with E-state index in [0.717, 1.165) is 49.5 Å². The van der Waals surface area contributed by atoms with Crippen LogP contribution in [0.3, 0.4) is 0 Å². The van der Waals surface area contributed by atoms with E-state index >= 15 is 0 Å². The van der Waals surface area contributed by atoms with Gasteiger partial charge >= 0.3 is 0 Å². The Bertz CT molecular complexity index is 835. The quantitative estimate of drug-likeness (QED) is 0.774. The van der Waals surface area contributed by atoms with Gasteiger partial charge in [0.15, 0.2) is 6.61 Å². The van der Waals surface area contributed by atoms with Crippen LogP contribution >= 0.6 is 0 Å². The van der Waals surface area contributed by atoms with Crippen LogP contribution in [0.5, 0.6) is 5.75 Å². The fourth-order valence-corrected chi connectivity index (χ4v) is 3.69. The molecule has 156 valence electrons. The Morgan fingerprint density at radius 1 is 1.17 bits per heavy atom. The van der Waals surface area contributed by atoms with Gasteiger partial charge in [0, 0.05) is 37.4 Å². The zero-order valence-electron chi connectivity index (χ0n) is 17.5. The zero-order chi connectivity index (χ0) is 20.8. The number of piperazine rings is 1. The highest BCUT2D eigenvalue weighted by molar-refractivity contribution is 5.78. The Labute approximate surface area is 172 Å². The summed E-state index contributed by atoms with van der Waals surface area (Å²) in [5.41, 5.74) is 2.75. The predicted octanol–water partition coefficient (Wildman–Crippen LogP) is 3.53. The molecule has 0 radical (unpaired) electrons. The molecule has 1 N–H and O–H groups in total. The Kier molecular flexibility index (Phi) is 7.09. The van der Waals surface area contributed by atoms with Crippen molar-refractivity contribution < 1.29 is 13.9 Å². The largest absolute Gasteiger partial charge is 0.484 e. The summed E-state index contributed by atoms with van der Waals surface area (Å²) in [6.45, 7) is 10.7. The Morgan fingerprint density at radius 2 is 1.90 bits per heavy atom. The van der Waals surface area contributed by atoms with Gasteiger partial charge in [0.25, 0.3) is 5.91 Å². The molecule has 0 aliphatic carbocycles. The third kappa shape index (κ3) is 5.48. The van der Waals surface area contributed by atoms with E-state index in [1.54, 1.807) is 0 Å². The number of benzene rings is 2. The molecule has 0 unspecified atom stereocenters. The van der Waals surface area contributed by atoms with Gasteiger partial charge < -0.3 is 19.9 Å². The fourth-order valence-electron chi connectivity index (χ4n) is 3.69. The minimum atomic E-state index is -0.321. The van der Waals surface area contributed by atoms with E-state index in [0.29, 0.717) is 5.75 Å². The van der Waals surface area contributed by atoms with Crippen molar-refractivity contribution in [3.05, 3.63) is 59.4 Å². The average Bonchev–Trinajstić information content (AvgIpc) is 2.73. The second kappa shape index (κ2) is 9.74. The van der Waals surface area contributed by atoms with Gasteiger partial charge in [0.1, 0.15) is 11.6 Å². The van der Waals surface area contributed by atoms with E-state index in [4.69, 9.17) is 4.74 Å². The van der Waals surface area contributed by atoms with Crippen molar-refractivity contribution in [2.75, 3.05) is 44.2 Å². The molecular formula is C23H30FN3O2. The Morgan fingerprint density at radius 3 is 2.59 bits per heavy atom. The van der Waals surface area contributed by atoms with Gasteiger partial charge in [-0.1, -0.05) is 25.1 Å². The van der Waals surface area contributed by atoms with Gasteiger partial charge in [-0.2, -0.15) is 0 Å². The number of nitrogens with one attached hydrogen (secondary N) is 1. The van der Waals surface area contributed by atoms with Crippen molar-refractivity contribution in [1.82, 2.24) is 10.2 Å². The number of halogens is 1. The number of para-hydroxylation sites is 1. The fraction of sp³-hybridized carbons (Fsp3) is 0.435. The minimum absolute atomic E-state index is 0.0744. The molecular weight excluding hydrogens is 369 g/mol. The number of amides is 1.